The van der Waals surface area contributed by atoms with E-state index in [2.05, 4.69) is 48.2 Å². The Bertz CT molecular complexity index is 645. The van der Waals surface area contributed by atoms with Crippen molar-refractivity contribution in [2.45, 2.75) is 57.0 Å². The van der Waals surface area contributed by atoms with Crippen LogP contribution >= 0.6 is 0 Å². The summed E-state index contributed by atoms with van der Waals surface area (Å²) in [6.07, 6.45) is 7.96. The first kappa shape index (κ1) is 17.8. The summed E-state index contributed by atoms with van der Waals surface area (Å²) in [6.45, 7) is 0.910. The molecule has 142 valence electrons. The molecule has 1 saturated heterocycles. The molecule has 1 amide bonds. The average molecular weight is 356 g/mol. The molecule has 0 spiro atoms. The topological polar surface area (TPSA) is 49.6 Å². The van der Waals surface area contributed by atoms with E-state index in [9.17, 15) is 4.79 Å². The number of likely N-dealkylation sites (tertiary alicyclic amines) is 1. The van der Waals surface area contributed by atoms with E-state index in [-0.39, 0.29) is 12.0 Å². The van der Waals surface area contributed by atoms with Gasteiger partial charge in [0.15, 0.2) is 0 Å². The molecule has 4 heteroatoms. The van der Waals surface area contributed by atoms with Crippen LogP contribution in [0.2, 0.25) is 0 Å². The molecule has 3 fully saturated rings. The number of benzene rings is 1. The van der Waals surface area contributed by atoms with Crippen molar-refractivity contribution in [2.24, 2.45) is 23.5 Å². The Hall–Kier alpha value is -1.55. The first-order valence-corrected chi connectivity index (χ1v) is 10.4. The van der Waals surface area contributed by atoms with Crippen LogP contribution in [0, 0.1) is 17.8 Å². The molecule has 1 aromatic rings. The van der Waals surface area contributed by atoms with Gasteiger partial charge in [-0.2, -0.15) is 0 Å². The highest BCUT2D eigenvalue weighted by Gasteiger charge is 2.43. The molecule has 2 bridgehead atoms. The van der Waals surface area contributed by atoms with E-state index < -0.39 is 0 Å². The normalized spacial score (nSPS) is 34.0. The standard InChI is InChI=1S/C22H33N3O/c1-24(2)19-9-4-6-15(14-19)20-10-5-11-25(20)22(26)18-12-16-7-3-8-17(13-18)21(16)23/h4,6,9,14,16-18,20-21H,3,5,7-8,10-13,23H2,1-2H3. The second-order valence-electron chi connectivity index (χ2n) is 8.88. The monoisotopic (exact) mass is 355 g/mol. The van der Waals surface area contributed by atoms with E-state index in [1.165, 1.54) is 30.5 Å². The summed E-state index contributed by atoms with van der Waals surface area (Å²) in [5.41, 5.74) is 8.93. The molecule has 4 nitrogen and oxygen atoms in total. The summed E-state index contributed by atoms with van der Waals surface area (Å²) in [5.74, 6) is 1.72. The van der Waals surface area contributed by atoms with Crippen molar-refractivity contribution in [3.8, 4) is 0 Å². The van der Waals surface area contributed by atoms with Crippen molar-refractivity contribution < 1.29 is 4.79 Å². The lowest BCUT2D eigenvalue weighted by molar-refractivity contribution is -0.139. The van der Waals surface area contributed by atoms with Crippen LogP contribution < -0.4 is 10.6 Å². The lowest BCUT2D eigenvalue weighted by atomic mass is 9.65. The Morgan fingerprint density at radius 1 is 1.12 bits per heavy atom. The number of carbonyl (C=O) groups excluding carboxylic acids is 1. The van der Waals surface area contributed by atoms with E-state index in [0.717, 1.165) is 32.2 Å². The van der Waals surface area contributed by atoms with E-state index in [1.54, 1.807) is 0 Å². The van der Waals surface area contributed by atoms with Crippen LogP contribution in [-0.2, 0) is 4.79 Å². The summed E-state index contributed by atoms with van der Waals surface area (Å²) in [4.78, 5) is 17.7. The number of hydrogen-bond acceptors (Lipinski definition) is 3. The average Bonchev–Trinajstić information content (AvgIpc) is 3.10. The highest BCUT2D eigenvalue weighted by atomic mass is 16.2. The van der Waals surface area contributed by atoms with E-state index in [0.29, 0.717) is 23.8 Å². The van der Waals surface area contributed by atoms with Gasteiger partial charge in [0.25, 0.3) is 0 Å². The minimum atomic E-state index is 0.197. The second-order valence-corrected chi connectivity index (χ2v) is 8.88. The number of anilines is 1. The van der Waals surface area contributed by atoms with Gasteiger partial charge < -0.3 is 15.5 Å². The molecule has 2 saturated carbocycles. The maximum Gasteiger partial charge on any atom is 0.226 e. The fourth-order valence-electron chi connectivity index (χ4n) is 5.61. The minimum absolute atomic E-state index is 0.197. The van der Waals surface area contributed by atoms with Gasteiger partial charge in [-0.15, -0.1) is 0 Å². The van der Waals surface area contributed by atoms with Gasteiger partial charge in [0.1, 0.15) is 0 Å². The second kappa shape index (κ2) is 7.22. The first-order chi connectivity index (χ1) is 12.5. The fourth-order valence-corrected chi connectivity index (χ4v) is 5.61. The molecule has 3 unspecified atom stereocenters. The number of nitrogens with zero attached hydrogens (tertiary/aromatic N) is 2. The molecule has 4 rings (SSSR count). The summed E-state index contributed by atoms with van der Waals surface area (Å²) in [6, 6.07) is 9.28. The van der Waals surface area contributed by atoms with Gasteiger partial charge in [0, 0.05) is 38.3 Å². The Balaban J connectivity index is 1.51. The maximum absolute atomic E-state index is 13.4. The molecule has 1 aliphatic heterocycles. The minimum Gasteiger partial charge on any atom is -0.378 e. The van der Waals surface area contributed by atoms with Gasteiger partial charge >= 0.3 is 0 Å². The number of rotatable bonds is 3. The third kappa shape index (κ3) is 3.24. The van der Waals surface area contributed by atoms with Crippen LogP contribution in [0.15, 0.2) is 24.3 Å². The van der Waals surface area contributed by atoms with Gasteiger partial charge in [0.2, 0.25) is 5.91 Å². The van der Waals surface area contributed by atoms with Gasteiger partial charge in [-0.05, 0) is 68.1 Å². The molecule has 2 N–H and O–H groups in total. The van der Waals surface area contributed by atoms with Crippen molar-refractivity contribution in [1.82, 2.24) is 4.90 Å². The Morgan fingerprint density at radius 2 is 1.85 bits per heavy atom. The summed E-state index contributed by atoms with van der Waals surface area (Å²) in [7, 11) is 4.14. The first-order valence-electron chi connectivity index (χ1n) is 10.4. The third-order valence-corrected chi connectivity index (χ3v) is 7.07. The van der Waals surface area contributed by atoms with Crippen LogP contribution in [0.3, 0.4) is 0 Å². The van der Waals surface area contributed by atoms with Gasteiger partial charge in [-0.1, -0.05) is 18.6 Å². The molecular formula is C22H33N3O. The molecule has 0 aromatic heterocycles. The molecule has 26 heavy (non-hydrogen) atoms. The molecular weight excluding hydrogens is 322 g/mol. The van der Waals surface area contributed by atoms with Crippen molar-refractivity contribution in [1.29, 1.82) is 0 Å². The zero-order valence-electron chi connectivity index (χ0n) is 16.2. The van der Waals surface area contributed by atoms with Crippen molar-refractivity contribution in [3.05, 3.63) is 29.8 Å². The molecule has 3 atom stereocenters. The number of carbonyl (C=O) groups is 1. The lowest BCUT2D eigenvalue weighted by Gasteiger charge is -2.44. The van der Waals surface area contributed by atoms with Crippen LogP contribution in [0.25, 0.3) is 0 Å². The van der Waals surface area contributed by atoms with Crippen LogP contribution in [0.4, 0.5) is 5.69 Å². The smallest absolute Gasteiger partial charge is 0.226 e. The van der Waals surface area contributed by atoms with Gasteiger partial charge in [-0.3, -0.25) is 4.79 Å². The van der Waals surface area contributed by atoms with Crippen molar-refractivity contribution in [3.63, 3.8) is 0 Å². The van der Waals surface area contributed by atoms with Gasteiger partial charge in [-0.25, -0.2) is 0 Å². The zero-order chi connectivity index (χ0) is 18.3. The predicted octanol–water partition coefficient (Wildman–Crippen LogP) is 3.57. The fraction of sp³-hybridized carbons (Fsp3) is 0.682. The van der Waals surface area contributed by atoms with Crippen LogP contribution in [-0.4, -0.2) is 37.5 Å². The predicted molar refractivity (Wildman–Crippen MR) is 106 cm³/mol. The summed E-state index contributed by atoms with van der Waals surface area (Å²) in [5, 5.41) is 0. The molecule has 0 radical (unpaired) electrons. The highest BCUT2D eigenvalue weighted by molar-refractivity contribution is 5.80. The van der Waals surface area contributed by atoms with Crippen molar-refractivity contribution in [2.75, 3.05) is 25.5 Å². The van der Waals surface area contributed by atoms with Crippen LogP contribution in [0.1, 0.15) is 56.6 Å². The quantitative estimate of drug-likeness (QED) is 0.902. The highest BCUT2D eigenvalue weighted by Crippen LogP contribution is 2.44. The number of fused-ring (bicyclic) bond motifs is 2. The number of hydrogen-bond donors (Lipinski definition) is 1. The largest absolute Gasteiger partial charge is 0.378 e. The zero-order valence-corrected chi connectivity index (χ0v) is 16.2. The molecule has 1 heterocycles. The Labute approximate surface area is 157 Å². The number of amides is 1. The Kier molecular flexibility index (Phi) is 4.96. The molecule has 1 aromatic carbocycles. The van der Waals surface area contributed by atoms with E-state index >= 15 is 0 Å². The van der Waals surface area contributed by atoms with Gasteiger partial charge in [0.05, 0.1) is 6.04 Å². The van der Waals surface area contributed by atoms with Crippen LogP contribution in [0.5, 0.6) is 0 Å². The third-order valence-electron chi connectivity index (χ3n) is 7.07. The number of nitrogens with two attached hydrogens (primary N) is 1. The maximum atomic E-state index is 13.4. The summed E-state index contributed by atoms with van der Waals surface area (Å²) >= 11 is 0. The van der Waals surface area contributed by atoms with E-state index in [1.807, 2.05) is 0 Å². The SMILES string of the molecule is CN(C)c1cccc(C2CCCN2C(=O)C2CC3CCCC(C2)C3N)c1. The summed E-state index contributed by atoms with van der Waals surface area (Å²) < 4.78 is 0. The van der Waals surface area contributed by atoms with Crippen molar-refractivity contribution >= 4 is 11.6 Å². The Morgan fingerprint density at radius 3 is 2.54 bits per heavy atom. The molecule has 3 aliphatic rings. The molecule has 2 aliphatic carbocycles. The van der Waals surface area contributed by atoms with E-state index in [4.69, 9.17) is 5.73 Å². The lowest BCUT2D eigenvalue weighted by Crippen LogP contribution is -2.49.